The predicted octanol–water partition coefficient (Wildman–Crippen LogP) is 2.82. The van der Waals surface area contributed by atoms with Gasteiger partial charge in [0.05, 0.1) is 0 Å². The molecule has 0 bridgehead atoms. The third kappa shape index (κ3) is 4.92. The number of unbranched alkanes of at least 4 members (excludes halogenated alkanes) is 1. The lowest BCUT2D eigenvalue weighted by atomic mass is 9.89. The Morgan fingerprint density at radius 3 is 3.00 bits per heavy atom. The minimum absolute atomic E-state index is 0.611. The highest BCUT2D eigenvalue weighted by molar-refractivity contribution is 7.80. The van der Waals surface area contributed by atoms with Crippen LogP contribution in [0, 0.1) is 5.92 Å². The van der Waals surface area contributed by atoms with Crippen LogP contribution in [0.25, 0.3) is 0 Å². The molecule has 3 nitrogen and oxygen atoms in total. The summed E-state index contributed by atoms with van der Waals surface area (Å²) >= 11 is 5.15. The van der Waals surface area contributed by atoms with Crippen LogP contribution in [0.15, 0.2) is 5.10 Å². The maximum absolute atomic E-state index is 5.15. The molecule has 1 saturated carbocycles. The highest BCUT2D eigenvalue weighted by Crippen LogP contribution is 2.20. The van der Waals surface area contributed by atoms with E-state index in [4.69, 9.17) is 12.2 Å². The van der Waals surface area contributed by atoms with Crippen molar-refractivity contribution in [1.29, 1.82) is 0 Å². The standard InChI is InChI=1S/C12H23N3S/c1-3-4-9-13-12(16)15-14-11-8-6-5-7-10(11)2/h10H,3-9H2,1-2H3,(H2,13,15,16)/b14-11-/t10-/m0/s1. The van der Waals surface area contributed by atoms with Crippen molar-refractivity contribution in [3.8, 4) is 0 Å². The van der Waals surface area contributed by atoms with E-state index >= 15 is 0 Å². The van der Waals surface area contributed by atoms with E-state index in [1.165, 1.54) is 31.4 Å². The van der Waals surface area contributed by atoms with Crippen molar-refractivity contribution >= 4 is 23.0 Å². The summed E-state index contributed by atoms with van der Waals surface area (Å²) in [5, 5.41) is 8.21. The van der Waals surface area contributed by atoms with Gasteiger partial charge in [-0.1, -0.05) is 26.7 Å². The molecule has 0 radical (unpaired) electrons. The molecule has 1 aliphatic carbocycles. The summed E-state index contributed by atoms with van der Waals surface area (Å²) in [5.74, 6) is 0.611. The minimum Gasteiger partial charge on any atom is -0.361 e. The van der Waals surface area contributed by atoms with Crippen LogP contribution >= 0.6 is 12.2 Å². The fraction of sp³-hybridized carbons (Fsp3) is 0.833. The molecule has 0 amide bonds. The first-order chi connectivity index (χ1) is 7.74. The maximum Gasteiger partial charge on any atom is 0.186 e. The molecule has 0 aliphatic heterocycles. The molecule has 0 unspecified atom stereocenters. The maximum atomic E-state index is 5.15. The molecule has 1 aliphatic rings. The number of rotatable bonds is 4. The average molecular weight is 241 g/mol. The molecule has 0 aromatic carbocycles. The van der Waals surface area contributed by atoms with Crippen LogP contribution in [0.5, 0.6) is 0 Å². The third-order valence-electron chi connectivity index (χ3n) is 3.01. The molecule has 92 valence electrons. The summed E-state index contributed by atoms with van der Waals surface area (Å²) in [6.45, 7) is 5.35. The van der Waals surface area contributed by atoms with Crippen LogP contribution in [0.1, 0.15) is 52.4 Å². The van der Waals surface area contributed by atoms with Gasteiger partial charge in [0.15, 0.2) is 5.11 Å². The van der Waals surface area contributed by atoms with Gasteiger partial charge in [-0.15, -0.1) is 0 Å². The number of nitrogens with zero attached hydrogens (tertiary/aromatic N) is 1. The fourth-order valence-corrected chi connectivity index (χ4v) is 2.02. The normalized spacial score (nSPS) is 23.1. The Morgan fingerprint density at radius 1 is 1.50 bits per heavy atom. The van der Waals surface area contributed by atoms with Gasteiger partial charge in [-0.25, -0.2) is 0 Å². The second-order valence-electron chi connectivity index (χ2n) is 4.47. The minimum atomic E-state index is 0.611. The molecule has 1 rings (SSSR count). The van der Waals surface area contributed by atoms with E-state index in [0.29, 0.717) is 11.0 Å². The molecular weight excluding hydrogens is 218 g/mol. The molecule has 16 heavy (non-hydrogen) atoms. The Morgan fingerprint density at radius 2 is 2.31 bits per heavy atom. The van der Waals surface area contributed by atoms with E-state index in [9.17, 15) is 0 Å². The summed E-state index contributed by atoms with van der Waals surface area (Å²) in [7, 11) is 0. The summed E-state index contributed by atoms with van der Waals surface area (Å²) in [6.07, 6.45) is 7.30. The van der Waals surface area contributed by atoms with E-state index in [2.05, 4.69) is 29.7 Å². The quantitative estimate of drug-likeness (QED) is 0.451. The highest BCUT2D eigenvalue weighted by atomic mass is 32.1. The fourth-order valence-electron chi connectivity index (χ4n) is 1.88. The first-order valence-corrected chi connectivity index (χ1v) is 6.75. The molecule has 1 atom stereocenters. The number of hydrazone groups is 1. The number of nitrogens with one attached hydrogen (secondary N) is 2. The second-order valence-corrected chi connectivity index (χ2v) is 4.88. The van der Waals surface area contributed by atoms with Crippen molar-refractivity contribution in [3.05, 3.63) is 0 Å². The van der Waals surface area contributed by atoms with E-state index in [0.717, 1.165) is 19.4 Å². The van der Waals surface area contributed by atoms with Gasteiger partial charge in [0, 0.05) is 12.3 Å². The van der Waals surface area contributed by atoms with Crippen molar-refractivity contribution in [1.82, 2.24) is 10.7 Å². The molecule has 4 heteroatoms. The van der Waals surface area contributed by atoms with E-state index < -0.39 is 0 Å². The van der Waals surface area contributed by atoms with Crippen LogP contribution < -0.4 is 10.7 Å². The van der Waals surface area contributed by atoms with Crippen molar-refractivity contribution in [2.75, 3.05) is 6.54 Å². The van der Waals surface area contributed by atoms with E-state index in [1.807, 2.05) is 0 Å². The number of hydrogen-bond donors (Lipinski definition) is 2. The Bertz CT molecular complexity index is 251. The summed E-state index contributed by atoms with van der Waals surface area (Å²) < 4.78 is 0. The van der Waals surface area contributed by atoms with Gasteiger partial charge in [-0.2, -0.15) is 5.10 Å². The van der Waals surface area contributed by atoms with Crippen LogP contribution in [-0.2, 0) is 0 Å². The number of thiocarbonyl (C=S) groups is 1. The van der Waals surface area contributed by atoms with E-state index in [1.54, 1.807) is 0 Å². The predicted molar refractivity (Wildman–Crippen MR) is 73.7 cm³/mol. The van der Waals surface area contributed by atoms with Gasteiger partial charge >= 0.3 is 0 Å². The van der Waals surface area contributed by atoms with Crippen molar-refractivity contribution in [3.63, 3.8) is 0 Å². The van der Waals surface area contributed by atoms with Crippen LogP contribution in [0.4, 0.5) is 0 Å². The van der Waals surface area contributed by atoms with Crippen LogP contribution in [0.2, 0.25) is 0 Å². The first-order valence-electron chi connectivity index (χ1n) is 6.34. The molecule has 2 N–H and O–H groups in total. The van der Waals surface area contributed by atoms with Gasteiger partial charge in [0.2, 0.25) is 0 Å². The second kappa shape index (κ2) is 7.60. The average Bonchev–Trinajstić information content (AvgIpc) is 2.28. The summed E-state index contributed by atoms with van der Waals surface area (Å²) in [6, 6.07) is 0. The summed E-state index contributed by atoms with van der Waals surface area (Å²) in [4.78, 5) is 0. The monoisotopic (exact) mass is 241 g/mol. The zero-order valence-corrected chi connectivity index (χ0v) is 11.2. The van der Waals surface area contributed by atoms with Gasteiger partial charge < -0.3 is 5.32 Å². The Kier molecular flexibility index (Phi) is 6.38. The lowest BCUT2D eigenvalue weighted by Crippen LogP contribution is -2.34. The molecular formula is C12H23N3S. The lowest BCUT2D eigenvalue weighted by Gasteiger charge is -2.20. The molecule has 0 aromatic heterocycles. The van der Waals surface area contributed by atoms with E-state index in [-0.39, 0.29) is 0 Å². The summed E-state index contributed by atoms with van der Waals surface area (Å²) in [5.41, 5.74) is 4.22. The largest absolute Gasteiger partial charge is 0.361 e. The lowest BCUT2D eigenvalue weighted by molar-refractivity contribution is 0.555. The molecule has 0 saturated heterocycles. The third-order valence-corrected chi connectivity index (χ3v) is 3.24. The Balaban J connectivity index is 2.25. The van der Waals surface area contributed by atoms with Gasteiger partial charge in [0.25, 0.3) is 0 Å². The van der Waals surface area contributed by atoms with Crippen molar-refractivity contribution < 1.29 is 0 Å². The van der Waals surface area contributed by atoms with Gasteiger partial charge in [-0.05, 0) is 43.8 Å². The van der Waals surface area contributed by atoms with Crippen LogP contribution in [0.3, 0.4) is 0 Å². The van der Waals surface area contributed by atoms with Crippen LogP contribution in [-0.4, -0.2) is 17.4 Å². The zero-order valence-electron chi connectivity index (χ0n) is 10.4. The number of hydrogen-bond acceptors (Lipinski definition) is 2. The van der Waals surface area contributed by atoms with Gasteiger partial charge in [-0.3, -0.25) is 5.43 Å². The van der Waals surface area contributed by atoms with Crippen molar-refractivity contribution in [2.24, 2.45) is 11.0 Å². The molecule has 0 aromatic rings. The molecule has 0 heterocycles. The van der Waals surface area contributed by atoms with Crippen molar-refractivity contribution in [2.45, 2.75) is 52.4 Å². The van der Waals surface area contributed by atoms with Gasteiger partial charge in [0.1, 0.15) is 0 Å². The molecule has 1 fully saturated rings. The Hall–Kier alpha value is -0.640. The smallest absolute Gasteiger partial charge is 0.186 e. The Labute approximate surface area is 104 Å². The topological polar surface area (TPSA) is 36.4 Å². The molecule has 0 spiro atoms. The first kappa shape index (κ1) is 13.4. The zero-order chi connectivity index (χ0) is 11.8. The SMILES string of the molecule is CCCCNC(=S)N/N=C1/CCCC[C@@H]1C. The highest BCUT2D eigenvalue weighted by Gasteiger charge is 2.15.